The number of hydrogen-bond acceptors (Lipinski definition) is 3. The van der Waals surface area contributed by atoms with Gasteiger partial charge >= 0.3 is 0 Å². The highest BCUT2D eigenvalue weighted by Gasteiger charge is 2.17. The van der Waals surface area contributed by atoms with E-state index in [0.717, 1.165) is 30.3 Å². The van der Waals surface area contributed by atoms with E-state index in [-0.39, 0.29) is 0 Å². The van der Waals surface area contributed by atoms with Crippen LogP contribution in [-0.4, -0.2) is 26.9 Å². The molecule has 1 aromatic carbocycles. The van der Waals surface area contributed by atoms with Crippen molar-refractivity contribution in [3.05, 3.63) is 24.3 Å². The third kappa shape index (κ3) is 1.62. The van der Waals surface area contributed by atoms with E-state index in [1.807, 2.05) is 0 Å². The molecule has 2 aromatic rings. The van der Waals surface area contributed by atoms with E-state index in [2.05, 4.69) is 40.1 Å². The molecule has 16 heavy (non-hydrogen) atoms. The molecule has 1 aliphatic rings. The average Bonchev–Trinajstić information content (AvgIpc) is 2.54. The number of imidazole rings is 1. The summed E-state index contributed by atoms with van der Waals surface area (Å²) < 4.78 is 4.72. The molecule has 0 amide bonds. The van der Waals surface area contributed by atoms with Gasteiger partial charge in [-0.2, -0.15) is 0 Å². The van der Waals surface area contributed by atoms with Crippen LogP contribution in [-0.2, 0) is 6.54 Å². The van der Waals surface area contributed by atoms with E-state index in [1.54, 1.807) is 11.9 Å². The molecule has 0 bridgehead atoms. The van der Waals surface area contributed by atoms with Crippen molar-refractivity contribution < 1.29 is 0 Å². The first-order chi connectivity index (χ1) is 7.88. The quantitative estimate of drug-likeness (QED) is 0.707. The van der Waals surface area contributed by atoms with Crippen molar-refractivity contribution in [1.82, 2.24) is 13.9 Å². The van der Waals surface area contributed by atoms with Gasteiger partial charge in [-0.15, -0.1) is 0 Å². The van der Waals surface area contributed by atoms with Gasteiger partial charge in [-0.05, 0) is 30.5 Å². The zero-order valence-corrected chi connectivity index (χ0v) is 10.2. The Bertz CT molecular complexity index is 506. The van der Waals surface area contributed by atoms with Gasteiger partial charge in [0.15, 0.2) is 5.16 Å². The van der Waals surface area contributed by atoms with Crippen LogP contribution in [0.25, 0.3) is 11.0 Å². The number of aryl methyl sites for hydroxylation is 1. The lowest BCUT2D eigenvalue weighted by Gasteiger charge is -2.13. The minimum Gasteiger partial charge on any atom is -0.318 e. The van der Waals surface area contributed by atoms with Crippen molar-refractivity contribution >= 4 is 23.0 Å². The van der Waals surface area contributed by atoms with Crippen molar-refractivity contribution in [2.24, 2.45) is 0 Å². The van der Waals surface area contributed by atoms with Gasteiger partial charge < -0.3 is 4.57 Å². The molecule has 0 aliphatic carbocycles. The summed E-state index contributed by atoms with van der Waals surface area (Å²) in [5.41, 5.74) is 2.38. The molecule has 4 heteroatoms. The number of para-hydroxylation sites is 2. The van der Waals surface area contributed by atoms with Crippen LogP contribution in [0.15, 0.2) is 29.4 Å². The van der Waals surface area contributed by atoms with Crippen molar-refractivity contribution in [1.29, 1.82) is 0 Å². The van der Waals surface area contributed by atoms with Crippen LogP contribution in [0.2, 0.25) is 0 Å². The van der Waals surface area contributed by atoms with Gasteiger partial charge in [-0.1, -0.05) is 19.1 Å². The van der Waals surface area contributed by atoms with Crippen LogP contribution in [0.1, 0.15) is 13.3 Å². The Morgan fingerprint density at radius 3 is 3.06 bits per heavy atom. The Morgan fingerprint density at radius 1 is 1.31 bits per heavy atom. The molecule has 3 rings (SSSR count). The number of benzene rings is 1. The number of aromatic nitrogens is 2. The summed E-state index contributed by atoms with van der Waals surface area (Å²) in [6.45, 7) is 5.51. The fourth-order valence-corrected chi connectivity index (χ4v) is 3.14. The molecule has 0 saturated heterocycles. The van der Waals surface area contributed by atoms with Crippen LogP contribution >= 0.6 is 11.9 Å². The summed E-state index contributed by atoms with van der Waals surface area (Å²) in [6, 6.07) is 8.39. The summed E-state index contributed by atoms with van der Waals surface area (Å²) in [7, 11) is 0. The zero-order valence-electron chi connectivity index (χ0n) is 9.39. The third-order valence-electron chi connectivity index (χ3n) is 2.97. The second kappa shape index (κ2) is 4.11. The topological polar surface area (TPSA) is 21.1 Å². The van der Waals surface area contributed by atoms with Gasteiger partial charge in [-0.25, -0.2) is 9.29 Å². The predicted molar refractivity (Wildman–Crippen MR) is 67.5 cm³/mol. The van der Waals surface area contributed by atoms with Crippen LogP contribution in [0, 0.1) is 0 Å². The average molecular weight is 233 g/mol. The highest BCUT2D eigenvalue weighted by atomic mass is 32.2. The molecule has 0 fully saturated rings. The second-order valence-electron chi connectivity index (χ2n) is 4.00. The fraction of sp³-hybridized carbons (Fsp3) is 0.417. The summed E-state index contributed by atoms with van der Waals surface area (Å²) in [5.74, 6) is 0. The number of rotatable bonds is 1. The maximum Gasteiger partial charge on any atom is 0.184 e. The lowest BCUT2D eigenvalue weighted by atomic mass is 10.3. The molecule has 84 valence electrons. The molecule has 0 spiro atoms. The molecular weight excluding hydrogens is 218 g/mol. The van der Waals surface area contributed by atoms with Gasteiger partial charge in [0.1, 0.15) is 0 Å². The van der Waals surface area contributed by atoms with E-state index in [4.69, 9.17) is 4.98 Å². The van der Waals surface area contributed by atoms with E-state index < -0.39 is 0 Å². The number of hydrogen-bond donors (Lipinski definition) is 0. The van der Waals surface area contributed by atoms with Crippen LogP contribution in [0.4, 0.5) is 0 Å². The number of fused-ring (bicyclic) bond motifs is 3. The third-order valence-corrected chi connectivity index (χ3v) is 4.15. The van der Waals surface area contributed by atoms with Gasteiger partial charge in [0, 0.05) is 19.6 Å². The van der Waals surface area contributed by atoms with E-state index in [0.29, 0.717) is 0 Å². The maximum absolute atomic E-state index is 4.70. The Hall–Kier alpha value is -1.00. The largest absolute Gasteiger partial charge is 0.318 e. The molecule has 0 N–H and O–H groups in total. The van der Waals surface area contributed by atoms with E-state index in [9.17, 15) is 0 Å². The van der Waals surface area contributed by atoms with Crippen molar-refractivity contribution in [3.8, 4) is 0 Å². The highest BCUT2D eigenvalue weighted by molar-refractivity contribution is 7.96. The molecule has 0 saturated carbocycles. The molecule has 2 heterocycles. The molecule has 0 radical (unpaired) electrons. The summed E-state index contributed by atoms with van der Waals surface area (Å²) in [6.07, 6.45) is 1.20. The number of nitrogens with zero attached hydrogens (tertiary/aromatic N) is 3. The van der Waals surface area contributed by atoms with Gasteiger partial charge in [0.05, 0.1) is 11.0 Å². The molecule has 0 unspecified atom stereocenters. The SMILES string of the molecule is CCN1CCCn2c(nc3ccccc32)S1. The fourth-order valence-electron chi connectivity index (χ4n) is 2.13. The van der Waals surface area contributed by atoms with Crippen LogP contribution < -0.4 is 0 Å². The van der Waals surface area contributed by atoms with Crippen molar-refractivity contribution in [2.45, 2.75) is 25.0 Å². The van der Waals surface area contributed by atoms with E-state index >= 15 is 0 Å². The summed E-state index contributed by atoms with van der Waals surface area (Å²) >= 11 is 1.79. The molecule has 0 atom stereocenters. The molecule has 3 nitrogen and oxygen atoms in total. The van der Waals surface area contributed by atoms with Crippen LogP contribution in [0.3, 0.4) is 0 Å². The minimum absolute atomic E-state index is 1.08. The lowest BCUT2D eigenvalue weighted by molar-refractivity contribution is 0.474. The smallest absolute Gasteiger partial charge is 0.184 e. The Balaban J connectivity index is 2.10. The standard InChI is InChI=1S/C12H15N3S/c1-2-14-8-5-9-15-11-7-4-3-6-10(11)13-12(15)16-14/h3-4,6-7H,2,5,8-9H2,1H3. The first kappa shape index (κ1) is 10.2. The van der Waals surface area contributed by atoms with Crippen molar-refractivity contribution in [3.63, 3.8) is 0 Å². The normalized spacial score (nSPS) is 17.3. The highest BCUT2D eigenvalue weighted by Crippen LogP contribution is 2.29. The predicted octanol–water partition coefficient (Wildman–Crippen LogP) is 2.77. The van der Waals surface area contributed by atoms with Gasteiger partial charge in [0.2, 0.25) is 0 Å². The zero-order chi connectivity index (χ0) is 11.0. The molecule has 1 aliphatic heterocycles. The maximum atomic E-state index is 4.70. The Kier molecular flexibility index (Phi) is 2.61. The van der Waals surface area contributed by atoms with E-state index in [1.165, 1.54) is 11.9 Å². The Morgan fingerprint density at radius 2 is 2.19 bits per heavy atom. The van der Waals surface area contributed by atoms with Gasteiger partial charge in [-0.3, -0.25) is 0 Å². The summed E-state index contributed by atoms with van der Waals surface area (Å²) in [4.78, 5) is 4.70. The molecular formula is C12H15N3S. The molecule has 1 aromatic heterocycles. The minimum atomic E-state index is 1.08. The second-order valence-corrected chi connectivity index (χ2v) is 5.07. The lowest BCUT2D eigenvalue weighted by Crippen LogP contribution is -2.14. The van der Waals surface area contributed by atoms with Gasteiger partial charge in [0.25, 0.3) is 0 Å². The first-order valence-corrected chi connectivity index (χ1v) is 6.54. The monoisotopic (exact) mass is 233 g/mol. The first-order valence-electron chi connectivity index (χ1n) is 5.76. The van der Waals surface area contributed by atoms with Crippen LogP contribution in [0.5, 0.6) is 0 Å². The Labute approximate surface area is 99.6 Å². The summed E-state index contributed by atoms with van der Waals surface area (Å²) in [5, 5.41) is 1.14. The van der Waals surface area contributed by atoms with Crippen molar-refractivity contribution in [2.75, 3.05) is 13.1 Å².